The maximum atomic E-state index is 11.8. The molecule has 0 aliphatic carbocycles. The van der Waals surface area contributed by atoms with Crippen LogP contribution in [0.15, 0.2) is 36.4 Å². The molecule has 9 heteroatoms. The molecule has 1 atom stereocenters. The van der Waals surface area contributed by atoms with Crippen LogP contribution in [0.3, 0.4) is 0 Å². The summed E-state index contributed by atoms with van der Waals surface area (Å²) in [6.45, 7) is 3.91. The van der Waals surface area contributed by atoms with E-state index in [4.69, 9.17) is 4.74 Å². The molecule has 0 saturated carbocycles. The molecular formula is C15H15NO8. The standard InChI is InChI=1S/C15H15NO8/c1-9(2)13(17)23-8-12(16(20)21)15(19)24-11-6-4-10(5-7-11)14(18)22-3/h4-7,12H,1,8H2,2-3H3. The third kappa shape index (κ3) is 5.20. The molecule has 1 aromatic carbocycles. The molecule has 0 aliphatic rings. The Bertz CT molecular complexity index is 665. The van der Waals surface area contributed by atoms with Crippen LogP contribution in [-0.2, 0) is 19.1 Å². The van der Waals surface area contributed by atoms with Gasteiger partial charge in [-0.2, -0.15) is 0 Å². The van der Waals surface area contributed by atoms with Crippen molar-refractivity contribution in [3.8, 4) is 5.75 Å². The highest BCUT2D eigenvalue weighted by Crippen LogP contribution is 2.14. The lowest BCUT2D eigenvalue weighted by molar-refractivity contribution is -0.512. The van der Waals surface area contributed by atoms with Crippen molar-refractivity contribution in [2.24, 2.45) is 0 Å². The topological polar surface area (TPSA) is 122 Å². The summed E-state index contributed by atoms with van der Waals surface area (Å²) in [4.78, 5) is 44.4. The number of hydrogen-bond donors (Lipinski definition) is 0. The van der Waals surface area contributed by atoms with Gasteiger partial charge in [-0.1, -0.05) is 6.58 Å². The third-order valence-electron chi connectivity index (χ3n) is 2.74. The molecular weight excluding hydrogens is 322 g/mol. The van der Waals surface area contributed by atoms with Gasteiger partial charge in [-0.25, -0.2) is 14.4 Å². The zero-order valence-corrected chi connectivity index (χ0v) is 13.0. The Morgan fingerprint density at radius 2 is 1.83 bits per heavy atom. The van der Waals surface area contributed by atoms with E-state index in [2.05, 4.69) is 16.1 Å². The minimum Gasteiger partial charge on any atom is -0.465 e. The Morgan fingerprint density at radius 1 is 1.25 bits per heavy atom. The van der Waals surface area contributed by atoms with Gasteiger partial charge in [0.15, 0.2) is 6.61 Å². The first-order valence-corrected chi connectivity index (χ1v) is 6.62. The molecule has 0 saturated heterocycles. The van der Waals surface area contributed by atoms with Crippen molar-refractivity contribution in [3.63, 3.8) is 0 Å². The van der Waals surface area contributed by atoms with E-state index in [0.29, 0.717) is 0 Å². The van der Waals surface area contributed by atoms with E-state index in [1.165, 1.54) is 38.3 Å². The van der Waals surface area contributed by atoms with Gasteiger partial charge < -0.3 is 14.2 Å². The van der Waals surface area contributed by atoms with Gasteiger partial charge in [-0.3, -0.25) is 10.1 Å². The van der Waals surface area contributed by atoms with Gasteiger partial charge in [0.25, 0.3) is 0 Å². The van der Waals surface area contributed by atoms with Crippen LogP contribution >= 0.6 is 0 Å². The monoisotopic (exact) mass is 337 g/mol. The van der Waals surface area contributed by atoms with Crippen LogP contribution in [-0.4, -0.2) is 42.6 Å². The number of nitrogens with zero attached hydrogens (tertiary/aromatic N) is 1. The number of methoxy groups -OCH3 is 1. The second-order valence-electron chi connectivity index (χ2n) is 4.62. The lowest BCUT2D eigenvalue weighted by atomic mass is 10.2. The van der Waals surface area contributed by atoms with Crippen molar-refractivity contribution < 1.29 is 33.5 Å². The first kappa shape index (κ1) is 18.8. The molecule has 24 heavy (non-hydrogen) atoms. The highest BCUT2D eigenvalue weighted by molar-refractivity contribution is 5.89. The van der Waals surface area contributed by atoms with Crippen LogP contribution in [0.25, 0.3) is 0 Å². The average Bonchev–Trinajstić information content (AvgIpc) is 2.54. The molecule has 1 aromatic rings. The maximum absolute atomic E-state index is 11.8. The van der Waals surface area contributed by atoms with Crippen molar-refractivity contribution in [3.05, 3.63) is 52.1 Å². The molecule has 0 fully saturated rings. The molecule has 0 N–H and O–H groups in total. The predicted octanol–water partition coefficient (Wildman–Crippen LogP) is 1.14. The Kier molecular flexibility index (Phi) is 6.60. The van der Waals surface area contributed by atoms with Crippen molar-refractivity contribution in [1.82, 2.24) is 0 Å². The number of hydrogen-bond acceptors (Lipinski definition) is 8. The lowest BCUT2D eigenvalue weighted by Crippen LogP contribution is -2.38. The van der Waals surface area contributed by atoms with E-state index in [-0.39, 0.29) is 16.9 Å². The Labute approximate surface area is 137 Å². The molecule has 9 nitrogen and oxygen atoms in total. The number of carbonyl (C=O) groups is 3. The summed E-state index contributed by atoms with van der Waals surface area (Å²) in [5, 5.41) is 10.9. The van der Waals surface area contributed by atoms with Crippen LogP contribution < -0.4 is 4.74 Å². The van der Waals surface area contributed by atoms with Crippen LogP contribution in [0.1, 0.15) is 17.3 Å². The van der Waals surface area contributed by atoms with Crippen LogP contribution in [0.5, 0.6) is 5.75 Å². The number of rotatable bonds is 7. The molecule has 0 radical (unpaired) electrons. The van der Waals surface area contributed by atoms with Gasteiger partial charge in [0.2, 0.25) is 0 Å². The summed E-state index contributed by atoms with van der Waals surface area (Å²) in [6.07, 6.45) is 0. The summed E-state index contributed by atoms with van der Waals surface area (Å²) in [7, 11) is 1.21. The number of benzene rings is 1. The van der Waals surface area contributed by atoms with Gasteiger partial charge in [0.1, 0.15) is 5.75 Å². The number of esters is 3. The number of ether oxygens (including phenoxy) is 3. The number of nitro groups is 1. The van der Waals surface area contributed by atoms with Crippen molar-refractivity contribution in [1.29, 1.82) is 0 Å². The summed E-state index contributed by atoms with van der Waals surface area (Å²) < 4.78 is 14.0. The predicted molar refractivity (Wildman–Crippen MR) is 80.0 cm³/mol. The molecule has 0 aromatic heterocycles. The molecule has 1 rings (SSSR count). The van der Waals surface area contributed by atoms with Gasteiger partial charge in [-0.05, 0) is 31.2 Å². The average molecular weight is 337 g/mol. The highest BCUT2D eigenvalue weighted by atomic mass is 16.6. The molecule has 0 amide bonds. The van der Waals surface area contributed by atoms with Crippen molar-refractivity contribution in [2.45, 2.75) is 13.0 Å². The second-order valence-corrected chi connectivity index (χ2v) is 4.62. The fraction of sp³-hybridized carbons (Fsp3) is 0.267. The van der Waals surface area contributed by atoms with Crippen molar-refractivity contribution >= 4 is 17.9 Å². The van der Waals surface area contributed by atoms with Crippen molar-refractivity contribution in [2.75, 3.05) is 13.7 Å². The van der Waals surface area contributed by atoms with E-state index < -0.39 is 35.5 Å². The molecule has 128 valence electrons. The molecule has 0 aliphatic heterocycles. The summed E-state index contributed by atoms with van der Waals surface area (Å²) in [6, 6.07) is 3.34. The number of carbonyl (C=O) groups excluding carboxylic acids is 3. The Balaban J connectivity index is 2.74. The zero-order valence-electron chi connectivity index (χ0n) is 13.0. The maximum Gasteiger partial charge on any atom is 0.390 e. The lowest BCUT2D eigenvalue weighted by Gasteiger charge is -2.10. The van der Waals surface area contributed by atoms with Gasteiger partial charge in [0.05, 0.1) is 12.7 Å². The summed E-state index contributed by atoms with van der Waals surface area (Å²) in [5.41, 5.74) is 0.266. The molecule has 0 spiro atoms. The van der Waals surface area contributed by atoms with E-state index in [9.17, 15) is 24.5 Å². The Morgan fingerprint density at radius 3 is 2.29 bits per heavy atom. The quantitative estimate of drug-likeness (QED) is 0.239. The van der Waals surface area contributed by atoms with Crippen LogP contribution in [0, 0.1) is 10.1 Å². The van der Waals surface area contributed by atoms with Gasteiger partial charge in [0, 0.05) is 10.5 Å². The molecule has 0 bridgehead atoms. The first-order valence-electron chi connectivity index (χ1n) is 6.62. The zero-order chi connectivity index (χ0) is 18.3. The van der Waals surface area contributed by atoms with Crippen LogP contribution in [0.4, 0.5) is 0 Å². The fourth-order valence-electron chi connectivity index (χ4n) is 1.45. The van der Waals surface area contributed by atoms with Gasteiger partial charge in [-0.15, -0.1) is 0 Å². The first-order chi connectivity index (χ1) is 11.3. The van der Waals surface area contributed by atoms with E-state index in [1.807, 2.05) is 0 Å². The molecule has 0 heterocycles. The minimum atomic E-state index is -1.88. The van der Waals surface area contributed by atoms with E-state index in [0.717, 1.165) is 0 Å². The summed E-state index contributed by atoms with van der Waals surface area (Å²) >= 11 is 0. The third-order valence-corrected chi connectivity index (χ3v) is 2.74. The Hall–Kier alpha value is -3.23. The largest absolute Gasteiger partial charge is 0.465 e. The van der Waals surface area contributed by atoms with E-state index in [1.54, 1.807) is 0 Å². The minimum absolute atomic E-state index is 0.00858. The fourth-order valence-corrected chi connectivity index (χ4v) is 1.45. The SMILES string of the molecule is C=C(C)C(=O)OCC(C(=O)Oc1ccc(C(=O)OC)cc1)[N+](=O)[O-]. The second kappa shape index (κ2) is 8.42. The summed E-state index contributed by atoms with van der Waals surface area (Å²) in [5.74, 6) is -2.65. The molecule has 1 unspecified atom stereocenters. The highest BCUT2D eigenvalue weighted by Gasteiger charge is 2.34. The smallest absolute Gasteiger partial charge is 0.390 e. The van der Waals surface area contributed by atoms with Crippen LogP contribution in [0.2, 0.25) is 0 Å². The van der Waals surface area contributed by atoms with E-state index >= 15 is 0 Å². The van der Waals surface area contributed by atoms with Gasteiger partial charge >= 0.3 is 23.9 Å². The normalized spacial score (nSPS) is 11.1.